The number of hydrogen-bond acceptors (Lipinski definition) is 5. The zero-order chi connectivity index (χ0) is 30.5. The van der Waals surface area contributed by atoms with Crippen molar-refractivity contribution in [3.63, 3.8) is 0 Å². The Morgan fingerprint density at radius 3 is 2.60 bits per heavy atom. The van der Waals surface area contributed by atoms with Crippen molar-refractivity contribution in [1.29, 1.82) is 0 Å². The number of nitrogens with zero attached hydrogens (tertiary/aromatic N) is 2. The van der Waals surface area contributed by atoms with Crippen molar-refractivity contribution in [1.82, 2.24) is 10.2 Å². The molecule has 2 amide bonds. The number of hydrogen-bond donors (Lipinski definition) is 2. The lowest BCUT2D eigenvalue weighted by Gasteiger charge is -2.40. The van der Waals surface area contributed by atoms with Gasteiger partial charge in [0.05, 0.1) is 30.0 Å². The van der Waals surface area contributed by atoms with Crippen LogP contribution in [0.3, 0.4) is 0 Å². The van der Waals surface area contributed by atoms with Gasteiger partial charge in [-0.05, 0) is 98.7 Å². The quantitative estimate of drug-likeness (QED) is 0.399. The number of rotatable bonds is 1. The topological polar surface area (TPSA) is 97.0 Å². The molecule has 4 aliphatic heterocycles. The average molecular weight is 595 g/mol. The number of alkyl halides is 3. The summed E-state index contributed by atoms with van der Waals surface area (Å²) >= 11 is 0. The van der Waals surface area contributed by atoms with Gasteiger partial charge in [-0.25, -0.2) is 4.99 Å². The summed E-state index contributed by atoms with van der Waals surface area (Å²) in [7, 11) is 0. The number of ether oxygens (including phenoxy) is 1. The van der Waals surface area contributed by atoms with Crippen LogP contribution in [0.2, 0.25) is 0 Å². The summed E-state index contributed by atoms with van der Waals surface area (Å²) in [4.78, 5) is 33.5. The molecule has 6 aliphatic rings. The summed E-state index contributed by atoms with van der Waals surface area (Å²) in [5.41, 5.74) is 7.97. The second-order valence-corrected chi connectivity index (χ2v) is 13.7. The highest BCUT2D eigenvalue weighted by atomic mass is 19.4. The largest absolute Gasteiger partial charge is 0.487 e. The highest BCUT2D eigenvalue weighted by Gasteiger charge is 2.52. The molecule has 0 radical (unpaired) electrons. The van der Waals surface area contributed by atoms with E-state index < -0.39 is 35.2 Å². The molecule has 0 aromatic heterocycles. The number of nitrogens with one attached hydrogen (secondary N) is 1. The van der Waals surface area contributed by atoms with E-state index in [1.54, 1.807) is 0 Å². The first-order valence-corrected chi connectivity index (χ1v) is 15.3. The molecule has 43 heavy (non-hydrogen) atoms. The van der Waals surface area contributed by atoms with Crippen molar-refractivity contribution in [2.24, 2.45) is 16.6 Å². The predicted molar refractivity (Wildman–Crippen MR) is 155 cm³/mol. The fraction of sp³-hybridized carbons (Fsp3) is 0.545. The minimum atomic E-state index is -4.52. The van der Waals surface area contributed by atoms with Gasteiger partial charge in [-0.15, -0.1) is 0 Å². The molecule has 6 bridgehead atoms. The van der Waals surface area contributed by atoms with Crippen LogP contribution in [0, 0.1) is 5.92 Å². The Hall–Kier alpha value is -3.56. The minimum Gasteiger partial charge on any atom is -0.487 e. The van der Waals surface area contributed by atoms with Crippen LogP contribution < -0.4 is 15.8 Å². The SMILES string of the molecule is CC[C@@]12CCC3CC3c3ccc4c(c3)[C@H](CC(C)(C)O4)NC(=O)c3ccc4c(c3)[C@@H](C[C@H]4C(F)(F)F)N(C(=O)C1)C(N)=N2. The van der Waals surface area contributed by atoms with Crippen LogP contribution in [0.15, 0.2) is 41.4 Å². The molecule has 6 atom stereocenters. The van der Waals surface area contributed by atoms with E-state index in [2.05, 4.69) is 17.4 Å². The van der Waals surface area contributed by atoms with Crippen molar-refractivity contribution >= 4 is 17.8 Å². The zero-order valence-corrected chi connectivity index (χ0v) is 24.6. The number of amides is 2. The standard InChI is InChI=1S/C33H37F3N4O3/c1-4-32-10-9-18-11-21(18)17-6-8-27-23(12-17)25(15-31(2,3)43-27)38-29(42)19-5-7-20-22(13-19)26(14-24(20)33(34,35)36)40(28(41)16-32)30(37)39-32/h5-8,12-13,18,21,24-26H,4,9-11,14-16H2,1-3H3,(H2,37,39)(H,38,42)/t18?,21?,24-,25+,26-,32-/m1/s1. The van der Waals surface area contributed by atoms with Crippen LogP contribution in [0.5, 0.6) is 5.75 Å². The number of aliphatic imine (C=N–C) groups is 1. The van der Waals surface area contributed by atoms with E-state index in [1.165, 1.54) is 28.7 Å². The number of carbonyl (C=O) groups is 2. The molecule has 4 heterocycles. The van der Waals surface area contributed by atoms with Crippen molar-refractivity contribution in [2.45, 2.75) is 107 Å². The minimum absolute atomic E-state index is 0.0372. The summed E-state index contributed by atoms with van der Waals surface area (Å²) < 4.78 is 49.1. The molecule has 2 aliphatic carbocycles. The second kappa shape index (κ2) is 9.47. The maximum Gasteiger partial charge on any atom is 0.395 e. The van der Waals surface area contributed by atoms with Crippen molar-refractivity contribution in [2.75, 3.05) is 0 Å². The van der Waals surface area contributed by atoms with Gasteiger partial charge in [-0.1, -0.05) is 19.1 Å². The molecule has 2 aromatic rings. The Kier molecular flexibility index (Phi) is 6.21. The molecule has 1 saturated carbocycles. The third-order valence-corrected chi connectivity index (χ3v) is 10.4. The molecule has 7 nitrogen and oxygen atoms in total. The molecule has 0 saturated heterocycles. The molecule has 10 heteroatoms. The Balaban J connectivity index is 1.35. The molecular formula is C33H37F3N4O3. The van der Waals surface area contributed by atoms with E-state index in [1.807, 2.05) is 26.8 Å². The Morgan fingerprint density at radius 1 is 1.09 bits per heavy atom. The van der Waals surface area contributed by atoms with Crippen LogP contribution in [0.25, 0.3) is 0 Å². The number of halogens is 3. The number of fused-ring (bicyclic) bond motifs is 3. The molecule has 1 fully saturated rings. The van der Waals surface area contributed by atoms with Gasteiger partial charge in [0.1, 0.15) is 11.4 Å². The molecule has 2 aromatic carbocycles. The van der Waals surface area contributed by atoms with Gasteiger partial charge in [-0.2, -0.15) is 13.2 Å². The third-order valence-electron chi connectivity index (χ3n) is 10.4. The van der Waals surface area contributed by atoms with Crippen LogP contribution in [-0.2, 0) is 4.79 Å². The van der Waals surface area contributed by atoms with Gasteiger partial charge in [0.25, 0.3) is 5.91 Å². The van der Waals surface area contributed by atoms with Crippen LogP contribution in [-0.4, -0.2) is 40.0 Å². The monoisotopic (exact) mass is 594 g/mol. The fourth-order valence-corrected chi connectivity index (χ4v) is 7.95. The summed E-state index contributed by atoms with van der Waals surface area (Å²) in [5.74, 6) is -0.982. The fourth-order valence-electron chi connectivity index (χ4n) is 7.95. The lowest BCUT2D eigenvalue weighted by molar-refractivity contribution is -0.153. The van der Waals surface area contributed by atoms with E-state index >= 15 is 0 Å². The average Bonchev–Trinajstić information content (AvgIpc) is 3.61. The number of carbonyl (C=O) groups excluding carboxylic acids is 2. The lowest BCUT2D eigenvalue weighted by atomic mass is 9.84. The van der Waals surface area contributed by atoms with Crippen LogP contribution in [0.4, 0.5) is 13.2 Å². The summed E-state index contributed by atoms with van der Waals surface area (Å²) in [6.45, 7) is 5.94. The number of benzene rings is 2. The van der Waals surface area contributed by atoms with E-state index in [0.717, 1.165) is 24.2 Å². The second-order valence-electron chi connectivity index (χ2n) is 13.7. The van der Waals surface area contributed by atoms with E-state index in [-0.39, 0.29) is 41.9 Å². The number of nitrogens with two attached hydrogens (primary N) is 1. The van der Waals surface area contributed by atoms with Gasteiger partial charge < -0.3 is 15.8 Å². The summed E-state index contributed by atoms with van der Waals surface area (Å²) in [5, 5.41) is 3.15. The van der Waals surface area contributed by atoms with Gasteiger partial charge in [0, 0.05) is 17.5 Å². The smallest absolute Gasteiger partial charge is 0.395 e. The maximum atomic E-state index is 14.3. The maximum absolute atomic E-state index is 14.3. The molecule has 0 spiro atoms. The van der Waals surface area contributed by atoms with Gasteiger partial charge in [-0.3, -0.25) is 14.5 Å². The Morgan fingerprint density at radius 2 is 1.88 bits per heavy atom. The van der Waals surface area contributed by atoms with Gasteiger partial charge in [0.15, 0.2) is 5.96 Å². The first-order valence-electron chi connectivity index (χ1n) is 15.3. The van der Waals surface area contributed by atoms with Crippen LogP contribution >= 0.6 is 0 Å². The van der Waals surface area contributed by atoms with Crippen molar-refractivity contribution in [3.8, 4) is 5.75 Å². The zero-order valence-electron chi connectivity index (χ0n) is 24.6. The highest BCUT2D eigenvalue weighted by molar-refractivity contribution is 6.00. The van der Waals surface area contributed by atoms with E-state index in [4.69, 9.17) is 15.5 Å². The predicted octanol–water partition coefficient (Wildman–Crippen LogP) is 6.40. The summed E-state index contributed by atoms with van der Waals surface area (Å²) in [6, 6.07) is 9.27. The normalized spacial score (nSPS) is 32.7. The number of guanidine groups is 1. The third kappa shape index (κ3) is 4.77. The molecule has 2 unspecified atom stereocenters. The van der Waals surface area contributed by atoms with Crippen molar-refractivity contribution in [3.05, 3.63) is 64.2 Å². The molecular weight excluding hydrogens is 557 g/mol. The first-order chi connectivity index (χ1) is 20.3. The Bertz CT molecular complexity index is 1550. The van der Waals surface area contributed by atoms with Crippen LogP contribution in [0.1, 0.15) is 122 Å². The highest BCUT2D eigenvalue weighted by Crippen LogP contribution is 2.55. The first kappa shape index (κ1) is 28.2. The van der Waals surface area contributed by atoms with Crippen molar-refractivity contribution < 1.29 is 27.5 Å². The molecule has 3 N–H and O–H groups in total. The van der Waals surface area contributed by atoms with E-state index in [0.29, 0.717) is 36.7 Å². The Labute approximate surface area is 249 Å². The summed E-state index contributed by atoms with van der Waals surface area (Å²) in [6.07, 6.45) is -1.06. The molecule has 8 rings (SSSR count). The molecule has 228 valence electrons. The van der Waals surface area contributed by atoms with Gasteiger partial charge >= 0.3 is 6.18 Å². The van der Waals surface area contributed by atoms with Gasteiger partial charge in [0.2, 0.25) is 5.91 Å². The van der Waals surface area contributed by atoms with E-state index in [9.17, 15) is 22.8 Å². The lowest BCUT2D eigenvalue weighted by Crippen LogP contribution is -2.52.